The fourth-order valence-corrected chi connectivity index (χ4v) is 5.23. The Bertz CT molecular complexity index is 597. The summed E-state index contributed by atoms with van der Waals surface area (Å²) in [5.74, 6) is 0.00408. The predicted molar refractivity (Wildman–Crippen MR) is 159 cm³/mol. The topological polar surface area (TPSA) is 75.7 Å². The number of unbranched alkanes of at least 4 members (excludes halogenated alkanes) is 14. The van der Waals surface area contributed by atoms with Crippen molar-refractivity contribution in [2.24, 2.45) is 0 Å². The van der Waals surface area contributed by atoms with Gasteiger partial charge >= 0.3 is 5.97 Å². The van der Waals surface area contributed by atoms with Crippen molar-refractivity contribution in [1.29, 1.82) is 0 Å². The molecule has 0 atom stereocenters. The SMILES string of the molecule is CCCCCCCCC(CCCCCCCC)OC(=O)CCCCCCCN(C)CCCNS(C)(=O)=O. The predicted octanol–water partition coefficient (Wildman–Crippen LogP) is 7.61. The van der Waals surface area contributed by atoms with Crippen LogP contribution in [0.15, 0.2) is 0 Å². The van der Waals surface area contributed by atoms with Gasteiger partial charge in [-0.25, -0.2) is 13.1 Å². The van der Waals surface area contributed by atoms with Gasteiger partial charge in [-0.05, 0) is 65.1 Å². The van der Waals surface area contributed by atoms with Crippen LogP contribution in [0, 0.1) is 0 Å². The van der Waals surface area contributed by atoms with Crippen LogP contribution in [0.25, 0.3) is 0 Å². The molecule has 6 nitrogen and oxygen atoms in total. The molecule has 0 aromatic rings. The fraction of sp³-hybridized carbons (Fsp3) is 0.967. The number of carbonyl (C=O) groups is 1. The number of carbonyl (C=O) groups excluding carboxylic acids is 1. The maximum absolute atomic E-state index is 12.5. The van der Waals surface area contributed by atoms with Crippen molar-refractivity contribution >= 4 is 16.0 Å². The number of esters is 1. The van der Waals surface area contributed by atoms with E-state index in [2.05, 4.69) is 30.5 Å². The summed E-state index contributed by atoms with van der Waals surface area (Å²) >= 11 is 0. The summed E-state index contributed by atoms with van der Waals surface area (Å²) in [5, 5.41) is 0. The lowest BCUT2D eigenvalue weighted by molar-refractivity contribution is -0.150. The third-order valence-corrected chi connectivity index (χ3v) is 7.79. The van der Waals surface area contributed by atoms with Gasteiger partial charge in [0.1, 0.15) is 6.10 Å². The average molecular weight is 547 g/mol. The highest BCUT2D eigenvalue weighted by Gasteiger charge is 2.14. The molecule has 0 amide bonds. The lowest BCUT2D eigenvalue weighted by Gasteiger charge is -2.18. The molecule has 0 saturated heterocycles. The van der Waals surface area contributed by atoms with Crippen molar-refractivity contribution in [3.8, 4) is 0 Å². The summed E-state index contributed by atoms with van der Waals surface area (Å²) in [5.41, 5.74) is 0. The van der Waals surface area contributed by atoms with E-state index >= 15 is 0 Å². The van der Waals surface area contributed by atoms with Crippen molar-refractivity contribution in [3.63, 3.8) is 0 Å². The molecule has 222 valence electrons. The second-order valence-electron chi connectivity index (χ2n) is 11.1. The van der Waals surface area contributed by atoms with E-state index in [1.165, 1.54) is 89.7 Å². The average Bonchev–Trinajstić information content (AvgIpc) is 2.84. The fourth-order valence-electron chi connectivity index (χ4n) is 4.71. The Kier molecular flexibility index (Phi) is 25.2. The Morgan fingerprint density at radius 2 is 1.16 bits per heavy atom. The van der Waals surface area contributed by atoms with Crippen molar-refractivity contribution < 1.29 is 17.9 Å². The molecular formula is C30H62N2O4S. The molecule has 0 rings (SSSR count). The van der Waals surface area contributed by atoms with Gasteiger partial charge in [0, 0.05) is 13.0 Å². The number of nitrogens with zero attached hydrogens (tertiary/aromatic N) is 1. The van der Waals surface area contributed by atoms with Crippen LogP contribution in [0.3, 0.4) is 0 Å². The minimum Gasteiger partial charge on any atom is -0.462 e. The monoisotopic (exact) mass is 546 g/mol. The van der Waals surface area contributed by atoms with Gasteiger partial charge in [-0.3, -0.25) is 4.79 Å². The van der Waals surface area contributed by atoms with Gasteiger partial charge in [-0.2, -0.15) is 0 Å². The first-order valence-electron chi connectivity index (χ1n) is 15.6. The Labute approximate surface area is 231 Å². The second-order valence-corrected chi connectivity index (χ2v) is 12.9. The van der Waals surface area contributed by atoms with Gasteiger partial charge in [0.15, 0.2) is 0 Å². The molecule has 0 bridgehead atoms. The standard InChI is InChI=1S/C30H62N2O4S/c1-5-7-9-11-14-18-23-29(24-19-15-12-10-8-6-2)36-30(33)25-20-16-13-17-21-27-32(3)28-22-26-31-37(4,34)35/h29,31H,5-28H2,1-4H3. The first kappa shape index (κ1) is 36.3. The number of sulfonamides is 1. The van der Waals surface area contributed by atoms with Gasteiger partial charge in [0.25, 0.3) is 0 Å². The smallest absolute Gasteiger partial charge is 0.306 e. The number of rotatable bonds is 28. The lowest BCUT2D eigenvalue weighted by Crippen LogP contribution is -2.27. The summed E-state index contributed by atoms with van der Waals surface area (Å²) in [7, 11) is -0.997. The van der Waals surface area contributed by atoms with Gasteiger partial charge in [-0.1, -0.05) is 97.3 Å². The number of ether oxygens (including phenoxy) is 1. The molecule has 1 N–H and O–H groups in total. The van der Waals surface area contributed by atoms with Gasteiger partial charge in [0.2, 0.25) is 10.0 Å². The van der Waals surface area contributed by atoms with Crippen LogP contribution in [-0.4, -0.2) is 58.3 Å². The van der Waals surface area contributed by atoms with Gasteiger partial charge in [0.05, 0.1) is 6.26 Å². The molecule has 0 aromatic heterocycles. The van der Waals surface area contributed by atoms with E-state index in [9.17, 15) is 13.2 Å². The number of hydrogen-bond acceptors (Lipinski definition) is 5. The highest BCUT2D eigenvalue weighted by atomic mass is 32.2. The summed E-state index contributed by atoms with van der Waals surface area (Å²) < 4.78 is 30.6. The Morgan fingerprint density at radius 1 is 0.703 bits per heavy atom. The van der Waals surface area contributed by atoms with Crippen molar-refractivity contribution in [2.45, 2.75) is 155 Å². The molecule has 0 spiro atoms. The quantitative estimate of drug-likeness (QED) is 0.0807. The highest BCUT2D eigenvalue weighted by molar-refractivity contribution is 7.88. The number of nitrogens with one attached hydrogen (secondary N) is 1. The molecule has 0 fully saturated rings. The molecular weight excluding hydrogens is 484 g/mol. The third-order valence-electron chi connectivity index (χ3n) is 7.06. The molecule has 0 radical (unpaired) electrons. The molecule has 0 unspecified atom stereocenters. The first-order valence-corrected chi connectivity index (χ1v) is 17.5. The van der Waals surface area contributed by atoms with E-state index in [-0.39, 0.29) is 12.1 Å². The zero-order valence-corrected chi connectivity index (χ0v) is 25.9. The minimum atomic E-state index is -3.08. The maximum Gasteiger partial charge on any atom is 0.306 e. The van der Waals surface area contributed by atoms with Crippen molar-refractivity contribution in [2.75, 3.05) is 32.9 Å². The summed E-state index contributed by atoms with van der Waals surface area (Å²) in [6.45, 7) is 6.93. The van der Waals surface area contributed by atoms with E-state index in [1.807, 2.05) is 0 Å². The van der Waals surface area contributed by atoms with Crippen LogP contribution >= 0.6 is 0 Å². The van der Waals surface area contributed by atoms with Gasteiger partial charge < -0.3 is 9.64 Å². The minimum absolute atomic E-state index is 0.00408. The Hall–Kier alpha value is -0.660. The molecule has 37 heavy (non-hydrogen) atoms. The normalized spacial score (nSPS) is 12.1. The summed E-state index contributed by atoms with van der Waals surface area (Å²) in [6.07, 6.45) is 25.6. The maximum atomic E-state index is 12.5. The Balaban J connectivity index is 3.96. The largest absolute Gasteiger partial charge is 0.462 e. The molecule has 0 saturated carbocycles. The zero-order chi connectivity index (χ0) is 27.6. The van der Waals surface area contributed by atoms with Gasteiger partial charge in [-0.15, -0.1) is 0 Å². The zero-order valence-electron chi connectivity index (χ0n) is 25.0. The molecule has 0 aliphatic carbocycles. The van der Waals surface area contributed by atoms with Crippen LogP contribution in [-0.2, 0) is 19.6 Å². The van der Waals surface area contributed by atoms with Crippen LogP contribution in [0.5, 0.6) is 0 Å². The van der Waals surface area contributed by atoms with E-state index in [1.54, 1.807) is 0 Å². The van der Waals surface area contributed by atoms with Crippen LogP contribution in [0.2, 0.25) is 0 Å². The third kappa shape index (κ3) is 28.2. The van der Waals surface area contributed by atoms with Crippen LogP contribution in [0.1, 0.15) is 149 Å². The molecule has 0 aliphatic heterocycles. The lowest BCUT2D eigenvalue weighted by atomic mass is 10.0. The van der Waals surface area contributed by atoms with E-state index in [0.717, 1.165) is 58.0 Å². The van der Waals surface area contributed by atoms with Crippen molar-refractivity contribution in [3.05, 3.63) is 0 Å². The summed E-state index contributed by atoms with van der Waals surface area (Å²) in [6, 6.07) is 0. The van der Waals surface area contributed by atoms with Crippen LogP contribution < -0.4 is 4.72 Å². The van der Waals surface area contributed by atoms with Crippen LogP contribution in [0.4, 0.5) is 0 Å². The van der Waals surface area contributed by atoms with E-state index in [0.29, 0.717) is 13.0 Å². The highest BCUT2D eigenvalue weighted by Crippen LogP contribution is 2.18. The second kappa shape index (κ2) is 25.6. The Morgan fingerprint density at radius 3 is 1.70 bits per heavy atom. The van der Waals surface area contributed by atoms with Crippen molar-refractivity contribution in [1.82, 2.24) is 9.62 Å². The molecule has 0 heterocycles. The number of hydrogen-bond donors (Lipinski definition) is 1. The molecule has 7 heteroatoms. The van der Waals surface area contributed by atoms with E-state index < -0.39 is 10.0 Å². The molecule has 0 aromatic carbocycles. The first-order chi connectivity index (χ1) is 17.8. The summed E-state index contributed by atoms with van der Waals surface area (Å²) in [4.78, 5) is 14.8. The molecule has 0 aliphatic rings. The van der Waals surface area contributed by atoms with E-state index in [4.69, 9.17) is 4.74 Å².